The van der Waals surface area contributed by atoms with Gasteiger partial charge in [0.05, 0.1) is 0 Å². The fourth-order valence-electron chi connectivity index (χ4n) is 3.00. The highest BCUT2D eigenvalue weighted by atomic mass is 14.3. The van der Waals surface area contributed by atoms with Gasteiger partial charge in [0.2, 0.25) is 0 Å². The van der Waals surface area contributed by atoms with Crippen molar-refractivity contribution in [3.63, 3.8) is 0 Å². The van der Waals surface area contributed by atoms with E-state index in [1.165, 1.54) is 57.8 Å². The van der Waals surface area contributed by atoms with E-state index in [-0.39, 0.29) is 0 Å². The fraction of sp³-hybridized carbons (Fsp3) is 1.00. The van der Waals surface area contributed by atoms with E-state index in [1.807, 2.05) is 0 Å². The molecule has 0 aliphatic heterocycles. The van der Waals surface area contributed by atoms with Gasteiger partial charge in [0, 0.05) is 0 Å². The Hall–Kier alpha value is 0. The molecule has 0 nitrogen and oxygen atoms in total. The number of rotatable bonds is 6. The molecule has 0 unspecified atom stereocenters. The van der Waals surface area contributed by atoms with Crippen LogP contribution < -0.4 is 0 Å². The molecule has 0 N–H and O–H groups in total. The maximum absolute atomic E-state index is 2.40. The van der Waals surface area contributed by atoms with E-state index in [4.69, 9.17) is 0 Å². The zero-order valence-corrected chi connectivity index (χ0v) is 11.1. The molecular formula is C15H30. The molecule has 1 aliphatic rings. The van der Waals surface area contributed by atoms with Gasteiger partial charge in [-0.2, -0.15) is 0 Å². The molecule has 0 heteroatoms. The summed E-state index contributed by atoms with van der Waals surface area (Å²) in [7, 11) is 0. The van der Waals surface area contributed by atoms with Crippen molar-refractivity contribution in [3.8, 4) is 0 Å². The van der Waals surface area contributed by atoms with Crippen LogP contribution in [0.15, 0.2) is 0 Å². The number of hydrogen-bond acceptors (Lipinski definition) is 0. The van der Waals surface area contributed by atoms with Crippen molar-refractivity contribution in [2.75, 3.05) is 0 Å². The molecule has 0 aromatic carbocycles. The molecule has 0 radical (unpaired) electrons. The van der Waals surface area contributed by atoms with E-state index in [9.17, 15) is 0 Å². The lowest BCUT2D eigenvalue weighted by Crippen LogP contribution is -2.18. The van der Waals surface area contributed by atoms with Crippen molar-refractivity contribution >= 4 is 0 Å². The summed E-state index contributed by atoms with van der Waals surface area (Å²) in [6, 6.07) is 0. The van der Waals surface area contributed by atoms with Gasteiger partial charge in [-0.25, -0.2) is 0 Å². The molecule has 0 heterocycles. The molecule has 0 aromatic rings. The van der Waals surface area contributed by atoms with Gasteiger partial charge in [-0.05, 0) is 30.6 Å². The minimum Gasteiger partial charge on any atom is -0.0654 e. The first-order chi connectivity index (χ1) is 7.24. The smallest absolute Gasteiger partial charge is 0.0391 e. The molecule has 15 heavy (non-hydrogen) atoms. The molecule has 1 aliphatic carbocycles. The van der Waals surface area contributed by atoms with Crippen molar-refractivity contribution in [1.29, 1.82) is 0 Å². The maximum atomic E-state index is 2.40. The van der Waals surface area contributed by atoms with Crippen molar-refractivity contribution in [2.24, 2.45) is 17.8 Å². The minimum atomic E-state index is 0.922. The highest BCUT2D eigenvalue weighted by molar-refractivity contribution is 4.74. The van der Waals surface area contributed by atoms with E-state index >= 15 is 0 Å². The summed E-state index contributed by atoms with van der Waals surface area (Å²) in [6.07, 6.45) is 13.4. The van der Waals surface area contributed by atoms with Gasteiger partial charge in [-0.15, -0.1) is 0 Å². The lowest BCUT2D eigenvalue weighted by Gasteiger charge is -2.30. The summed E-state index contributed by atoms with van der Waals surface area (Å²) in [6.45, 7) is 7.09. The molecule has 1 rings (SSSR count). The molecule has 0 saturated heterocycles. The summed E-state index contributed by atoms with van der Waals surface area (Å²) < 4.78 is 0. The van der Waals surface area contributed by atoms with Crippen LogP contribution in [-0.2, 0) is 0 Å². The number of unbranched alkanes of at least 4 members (excludes halogenated alkanes) is 3. The first-order valence-corrected chi connectivity index (χ1v) is 7.24. The van der Waals surface area contributed by atoms with Crippen LogP contribution in [0.2, 0.25) is 0 Å². The Morgan fingerprint density at radius 3 is 2.13 bits per heavy atom. The van der Waals surface area contributed by atoms with Gasteiger partial charge < -0.3 is 0 Å². The van der Waals surface area contributed by atoms with Crippen LogP contribution in [0, 0.1) is 17.8 Å². The standard InChI is InChI=1S/C15H30/c1-4-5-6-7-8-14-9-11-15(12-10-14)13(2)3/h13-15H,4-12H2,1-3H3. The first-order valence-electron chi connectivity index (χ1n) is 7.24. The van der Waals surface area contributed by atoms with Crippen LogP contribution in [0.25, 0.3) is 0 Å². The van der Waals surface area contributed by atoms with Crippen LogP contribution in [0.5, 0.6) is 0 Å². The lowest BCUT2D eigenvalue weighted by atomic mass is 9.75. The molecule has 0 aromatic heterocycles. The summed E-state index contributed by atoms with van der Waals surface area (Å²) in [5.41, 5.74) is 0. The van der Waals surface area contributed by atoms with Crippen LogP contribution in [0.3, 0.4) is 0 Å². The number of hydrogen-bond donors (Lipinski definition) is 0. The largest absolute Gasteiger partial charge is 0.0654 e. The fourth-order valence-corrected chi connectivity index (χ4v) is 3.00. The second-order valence-electron chi connectivity index (χ2n) is 5.87. The molecular weight excluding hydrogens is 180 g/mol. The Kier molecular flexibility index (Phi) is 6.36. The average molecular weight is 210 g/mol. The molecule has 1 saturated carbocycles. The van der Waals surface area contributed by atoms with Gasteiger partial charge in [-0.3, -0.25) is 0 Å². The summed E-state index contributed by atoms with van der Waals surface area (Å²) in [5.74, 6) is 3.04. The molecule has 1 fully saturated rings. The zero-order chi connectivity index (χ0) is 11.1. The Morgan fingerprint density at radius 2 is 1.60 bits per heavy atom. The molecule has 0 spiro atoms. The summed E-state index contributed by atoms with van der Waals surface area (Å²) >= 11 is 0. The maximum Gasteiger partial charge on any atom is -0.0391 e. The predicted octanol–water partition coefficient (Wildman–Crippen LogP) is 5.42. The van der Waals surface area contributed by atoms with Crippen LogP contribution in [0.4, 0.5) is 0 Å². The monoisotopic (exact) mass is 210 g/mol. The Labute approximate surface area is 96.8 Å². The van der Waals surface area contributed by atoms with Gasteiger partial charge in [0.1, 0.15) is 0 Å². The second-order valence-corrected chi connectivity index (χ2v) is 5.87. The Bertz CT molecular complexity index is 140. The van der Waals surface area contributed by atoms with Gasteiger partial charge >= 0.3 is 0 Å². The topological polar surface area (TPSA) is 0 Å². The quantitative estimate of drug-likeness (QED) is 0.514. The highest BCUT2D eigenvalue weighted by Gasteiger charge is 2.22. The van der Waals surface area contributed by atoms with E-state index in [0.29, 0.717) is 0 Å². The normalized spacial score (nSPS) is 27.2. The SMILES string of the molecule is CCCCCCC1CCC(C(C)C)CC1. The van der Waals surface area contributed by atoms with Gasteiger partial charge in [0.15, 0.2) is 0 Å². The minimum absolute atomic E-state index is 0.922. The van der Waals surface area contributed by atoms with E-state index in [0.717, 1.165) is 17.8 Å². The first kappa shape index (κ1) is 13.1. The predicted molar refractivity (Wildman–Crippen MR) is 69.0 cm³/mol. The summed E-state index contributed by atoms with van der Waals surface area (Å²) in [5, 5.41) is 0. The van der Waals surface area contributed by atoms with Gasteiger partial charge in [-0.1, -0.05) is 65.7 Å². The van der Waals surface area contributed by atoms with E-state index < -0.39 is 0 Å². The van der Waals surface area contributed by atoms with Crippen LogP contribution >= 0.6 is 0 Å². The third-order valence-electron chi connectivity index (χ3n) is 4.30. The molecule has 90 valence electrons. The van der Waals surface area contributed by atoms with Crippen molar-refractivity contribution in [1.82, 2.24) is 0 Å². The Balaban J connectivity index is 2.04. The Morgan fingerprint density at radius 1 is 0.933 bits per heavy atom. The van der Waals surface area contributed by atoms with E-state index in [2.05, 4.69) is 20.8 Å². The lowest BCUT2D eigenvalue weighted by molar-refractivity contribution is 0.214. The molecule has 0 amide bonds. The van der Waals surface area contributed by atoms with Crippen molar-refractivity contribution < 1.29 is 0 Å². The van der Waals surface area contributed by atoms with Crippen molar-refractivity contribution in [3.05, 3.63) is 0 Å². The van der Waals surface area contributed by atoms with Crippen LogP contribution in [0.1, 0.15) is 78.6 Å². The molecule has 0 bridgehead atoms. The van der Waals surface area contributed by atoms with Gasteiger partial charge in [0.25, 0.3) is 0 Å². The third-order valence-corrected chi connectivity index (χ3v) is 4.30. The zero-order valence-electron chi connectivity index (χ0n) is 11.1. The third kappa shape index (κ3) is 5.04. The highest BCUT2D eigenvalue weighted by Crippen LogP contribution is 2.35. The average Bonchev–Trinajstić information content (AvgIpc) is 2.25. The van der Waals surface area contributed by atoms with E-state index in [1.54, 1.807) is 0 Å². The second kappa shape index (κ2) is 7.30. The molecule has 0 atom stereocenters. The van der Waals surface area contributed by atoms with Crippen molar-refractivity contribution in [2.45, 2.75) is 78.6 Å². The summed E-state index contributed by atoms with van der Waals surface area (Å²) in [4.78, 5) is 0. The van der Waals surface area contributed by atoms with Crippen LogP contribution in [-0.4, -0.2) is 0 Å².